The Bertz CT molecular complexity index is 797. The number of hydrogen-bond acceptors (Lipinski definition) is 2. The molecule has 0 saturated heterocycles. The number of carbonyl (C=O) groups is 1. The van der Waals surface area contributed by atoms with E-state index in [0.29, 0.717) is 17.9 Å². The highest BCUT2D eigenvalue weighted by molar-refractivity contribution is 6.29. The zero-order valence-electron chi connectivity index (χ0n) is 12.9. The number of anilines is 1. The molecular formula is C18H15F3N2O. The molecule has 0 spiro atoms. The number of halogens is 3. The molecule has 1 aliphatic heterocycles. The minimum absolute atomic E-state index is 0.262. The fourth-order valence-electron chi connectivity index (χ4n) is 2.74. The van der Waals surface area contributed by atoms with Gasteiger partial charge in [0, 0.05) is 18.4 Å². The number of para-hydroxylation sites is 1. The smallest absolute Gasteiger partial charge is 0.389 e. The van der Waals surface area contributed by atoms with Crippen LogP contribution < -0.4 is 10.2 Å². The van der Waals surface area contributed by atoms with Crippen molar-refractivity contribution in [3.05, 3.63) is 71.4 Å². The van der Waals surface area contributed by atoms with Crippen molar-refractivity contribution in [3.63, 3.8) is 0 Å². The molecule has 1 heterocycles. The first-order valence-corrected chi connectivity index (χ1v) is 7.37. The number of likely N-dealkylation sites (N-methyl/N-ethyl adjacent to an activating group) is 1. The summed E-state index contributed by atoms with van der Waals surface area (Å²) in [5, 5.41) is 2.94. The van der Waals surface area contributed by atoms with Gasteiger partial charge in [-0.05, 0) is 29.8 Å². The van der Waals surface area contributed by atoms with E-state index >= 15 is 0 Å². The van der Waals surface area contributed by atoms with Crippen LogP contribution in [0.3, 0.4) is 0 Å². The largest absolute Gasteiger partial charge is 0.416 e. The first-order valence-electron chi connectivity index (χ1n) is 7.37. The third kappa shape index (κ3) is 2.87. The average molecular weight is 332 g/mol. The van der Waals surface area contributed by atoms with Gasteiger partial charge in [0.2, 0.25) is 0 Å². The quantitative estimate of drug-likeness (QED) is 0.930. The standard InChI is InChI=1S/C18H15F3N2O/c1-22-15-11-23(14-8-3-2-4-9-14)17(24)16(15)12-6-5-7-13(10-12)18(19,20)21/h2-10,22H,11H2,1H3. The summed E-state index contributed by atoms with van der Waals surface area (Å²) >= 11 is 0. The Hall–Kier alpha value is -2.76. The highest BCUT2D eigenvalue weighted by atomic mass is 19.4. The minimum Gasteiger partial charge on any atom is -0.389 e. The third-order valence-corrected chi connectivity index (χ3v) is 3.93. The maximum absolute atomic E-state index is 12.9. The summed E-state index contributed by atoms with van der Waals surface area (Å²) in [5.41, 5.74) is 1.07. The van der Waals surface area contributed by atoms with E-state index in [1.165, 1.54) is 12.1 Å². The van der Waals surface area contributed by atoms with E-state index in [2.05, 4.69) is 5.32 Å². The summed E-state index contributed by atoms with van der Waals surface area (Å²) < 4.78 is 38.8. The number of alkyl halides is 3. The lowest BCUT2D eigenvalue weighted by Crippen LogP contribution is -2.27. The van der Waals surface area contributed by atoms with E-state index in [9.17, 15) is 18.0 Å². The van der Waals surface area contributed by atoms with Gasteiger partial charge in [-0.25, -0.2) is 0 Å². The number of benzene rings is 2. The molecule has 124 valence electrons. The summed E-state index contributed by atoms with van der Waals surface area (Å²) in [6.45, 7) is 0.297. The van der Waals surface area contributed by atoms with Gasteiger partial charge in [0.1, 0.15) is 0 Å². The average Bonchev–Trinajstić information content (AvgIpc) is 2.91. The van der Waals surface area contributed by atoms with Crippen LogP contribution in [0.5, 0.6) is 0 Å². The first-order chi connectivity index (χ1) is 11.4. The van der Waals surface area contributed by atoms with Crippen molar-refractivity contribution in [1.29, 1.82) is 0 Å². The highest BCUT2D eigenvalue weighted by Gasteiger charge is 2.34. The minimum atomic E-state index is -4.45. The lowest BCUT2D eigenvalue weighted by Gasteiger charge is -2.17. The molecule has 0 bridgehead atoms. The van der Waals surface area contributed by atoms with E-state index in [-0.39, 0.29) is 17.0 Å². The van der Waals surface area contributed by atoms with Crippen LogP contribution in [0.15, 0.2) is 60.3 Å². The fraction of sp³-hybridized carbons (Fsp3) is 0.167. The van der Waals surface area contributed by atoms with Crippen molar-refractivity contribution in [2.45, 2.75) is 6.18 Å². The van der Waals surface area contributed by atoms with Gasteiger partial charge in [-0.15, -0.1) is 0 Å². The van der Waals surface area contributed by atoms with Gasteiger partial charge < -0.3 is 10.2 Å². The molecule has 24 heavy (non-hydrogen) atoms. The van der Waals surface area contributed by atoms with Crippen LogP contribution in [0.2, 0.25) is 0 Å². The number of amides is 1. The van der Waals surface area contributed by atoms with Crippen LogP contribution in [-0.2, 0) is 11.0 Å². The van der Waals surface area contributed by atoms with Crippen LogP contribution in [0, 0.1) is 0 Å². The number of hydrogen-bond donors (Lipinski definition) is 1. The van der Waals surface area contributed by atoms with Crippen LogP contribution in [0.4, 0.5) is 18.9 Å². The molecule has 0 aliphatic carbocycles. The molecule has 1 amide bonds. The van der Waals surface area contributed by atoms with Crippen molar-refractivity contribution in [2.24, 2.45) is 0 Å². The molecule has 0 atom stereocenters. The van der Waals surface area contributed by atoms with Gasteiger partial charge >= 0.3 is 6.18 Å². The molecule has 6 heteroatoms. The molecule has 3 nitrogen and oxygen atoms in total. The van der Waals surface area contributed by atoms with Crippen LogP contribution >= 0.6 is 0 Å². The van der Waals surface area contributed by atoms with Crippen molar-refractivity contribution >= 4 is 17.2 Å². The van der Waals surface area contributed by atoms with E-state index in [4.69, 9.17) is 0 Å². The number of carbonyl (C=O) groups excluding carboxylic acids is 1. The lowest BCUT2D eigenvalue weighted by atomic mass is 10.0. The molecule has 1 aliphatic rings. The predicted molar refractivity (Wildman–Crippen MR) is 86.2 cm³/mol. The third-order valence-electron chi connectivity index (χ3n) is 3.93. The molecule has 2 aromatic rings. The van der Waals surface area contributed by atoms with Crippen LogP contribution in [0.25, 0.3) is 5.57 Å². The van der Waals surface area contributed by atoms with Crippen LogP contribution in [-0.4, -0.2) is 19.5 Å². The van der Waals surface area contributed by atoms with E-state index in [0.717, 1.165) is 12.1 Å². The molecule has 0 fully saturated rings. The van der Waals surface area contributed by atoms with E-state index in [1.54, 1.807) is 24.1 Å². The fourth-order valence-corrected chi connectivity index (χ4v) is 2.74. The summed E-state index contributed by atoms with van der Waals surface area (Å²) in [6.07, 6.45) is -4.45. The summed E-state index contributed by atoms with van der Waals surface area (Å²) in [5.74, 6) is -0.315. The SMILES string of the molecule is CNC1=C(c2cccc(C(F)(F)F)c2)C(=O)N(c2ccccc2)C1. The normalized spacial score (nSPS) is 15.2. The molecule has 3 rings (SSSR count). The van der Waals surface area contributed by atoms with Gasteiger partial charge in [0.05, 0.1) is 17.7 Å². The van der Waals surface area contributed by atoms with E-state index in [1.807, 2.05) is 18.2 Å². The van der Waals surface area contributed by atoms with E-state index < -0.39 is 11.7 Å². The lowest BCUT2D eigenvalue weighted by molar-refractivity contribution is -0.137. The van der Waals surface area contributed by atoms with Crippen molar-refractivity contribution in [1.82, 2.24) is 5.32 Å². The topological polar surface area (TPSA) is 32.3 Å². The highest BCUT2D eigenvalue weighted by Crippen LogP contribution is 2.34. The number of nitrogens with zero attached hydrogens (tertiary/aromatic N) is 1. The second-order valence-electron chi connectivity index (χ2n) is 5.41. The predicted octanol–water partition coefficient (Wildman–Crippen LogP) is 3.68. The Balaban J connectivity index is 2.02. The molecule has 1 N–H and O–H groups in total. The zero-order chi connectivity index (χ0) is 17.3. The summed E-state index contributed by atoms with van der Waals surface area (Å²) in [4.78, 5) is 14.3. The Morgan fingerprint density at radius 1 is 1.04 bits per heavy atom. The Morgan fingerprint density at radius 2 is 1.75 bits per heavy atom. The van der Waals surface area contributed by atoms with Gasteiger partial charge in [0.15, 0.2) is 0 Å². The Labute approximate surface area is 137 Å². The Morgan fingerprint density at radius 3 is 2.38 bits per heavy atom. The first kappa shape index (κ1) is 16.1. The van der Waals surface area contributed by atoms with Gasteiger partial charge in [-0.3, -0.25) is 4.79 Å². The monoisotopic (exact) mass is 332 g/mol. The maximum Gasteiger partial charge on any atom is 0.416 e. The van der Waals surface area contributed by atoms with Crippen molar-refractivity contribution in [3.8, 4) is 0 Å². The zero-order valence-corrected chi connectivity index (χ0v) is 12.9. The van der Waals surface area contributed by atoms with Gasteiger partial charge in [0.25, 0.3) is 5.91 Å². The van der Waals surface area contributed by atoms with Crippen LogP contribution in [0.1, 0.15) is 11.1 Å². The maximum atomic E-state index is 12.9. The second-order valence-corrected chi connectivity index (χ2v) is 5.41. The Kier molecular flexibility index (Phi) is 4.05. The molecule has 0 unspecified atom stereocenters. The molecular weight excluding hydrogens is 317 g/mol. The summed E-state index contributed by atoms with van der Waals surface area (Å²) in [6, 6.07) is 13.9. The van der Waals surface area contributed by atoms with Crippen molar-refractivity contribution < 1.29 is 18.0 Å². The molecule has 0 aromatic heterocycles. The second kappa shape index (κ2) is 6.03. The molecule has 0 saturated carbocycles. The van der Waals surface area contributed by atoms with Crippen molar-refractivity contribution in [2.75, 3.05) is 18.5 Å². The van der Waals surface area contributed by atoms with Gasteiger partial charge in [-0.2, -0.15) is 13.2 Å². The molecule has 2 aromatic carbocycles. The number of nitrogens with one attached hydrogen (secondary N) is 1. The number of rotatable bonds is 3. The van der Waals surface area contributed by atoms with Gasteiger partial charge in [-0.1, -0.05) is 30.3 Å². The molecule has 0 radical (unpaired) electrons. The summed E-state index contributed by atoms with van der Waals surface area (Å²) in [7, 11) is 1.66.